The number of hydrogen-bond donors (Lipinski definition) is 0. The molecule has 6 heteroatoms. The molecule has 0 bridgehead atoms. The molecule has 0 aliphatic heterocycles. The van der Waals surface area contributed by atoms with Crippen molar-refractivity contribution < 1.29 is 22.4 Å². The maximum atomic E-state index is 13.1. The number of halogens is 5. The van der Waals surface area contributed by atoms with Crippen molar-refractivity contribution in [2.24, 2.45) is 0 Å². The van der Waals surface area contributed by atoms with E-state index in [1.54, 1.807) is 0 Å². The second kappa shape index (κ2) is 5.48. The molecule has 0 saturated carbocycles. The molecule has 2 aromatic rings. The van der Waals surface area contributed by atoms with Gasteiger partial charge in [-0.3, -0.25) is 4.79 Å². The van der Waals surface area contributed by atoms with E-state index >= 15 is 0 Å². The van der Waals surface area contributed by atoms with Crippen LogP contribution in [0.15, 0.2) is 36.4 Å². The fraction of sp³-hybridized carbons (Fsp3) is 0.133. The van der Waals surface area contributed by atoms with E-state index in [-0.39, 0.29) is 21.7 Å². The van der Waals surface area contributed by atoms with E-state index in [2.05, 4.69) is 0 Å². The third kappa shape index (κ3) is 3.24. The van der Waals surface area contributed by atoms with Crippen LogP contribution in [0.25, 0.3) is 0 Å². The fourth-order valence-corrected chi connectivity index (χ4v) is 2.07. The zero-order valence-electron chi connectivity index (χ0n) is 10.8. The number of hydrogen-bond acceptors (Lipinski definition) is 1. The monoisotopic (exact) mass is 316 g/mol. The summed E-state index contributed by atoms with van der Waals surface area (Å²) in [6.45, 7) is 1.41. The molecule has 0 fully saturated rings. The Morgan fingerprint density at radius 3 is 2.29 bits per heavy atom. The van der Waals surface area contributed by atoms with Gasteiger partial charge in [-0.2, -0.15) is 13.2 Å². The molecule has 0 unspecified atom stereocenters. The Morgan fingerprint density at radius 2 is 1.76 bits per heavy atom. The lowest BCUT2D eigenvalue weighted by Gasteiger charge is -2.10. The van der Waals surface area contributed by atoms with Crippen molar-refractivity contribution in [1.82, 2.24) is 0 Å². The van der Waals surface area contributed by atoms with Crippen LogP contribution in [-0.2, 0) is 6.18 Å². The van der Waals surface area contributed by atoms with Gasteiger partial charge in [0.2, 0.25) is 0 Å². The van der Waals surface area contributed by atoms with Crippen LogP contribution in [0.2, 0.25) is 5.02 Å². The molecule has 2 aromatic carbocycles. The molecule has 21 heavy (non-hydrogen) atoms. The van der Waals surface area contributed by atoms with E-state index in [0.29, 0.717) is 0 Å². The standard InChI is InChI=1S/C15H9ClF4O/c1-8-6-10(15(18,19)20)3-4-11(8)14(21)9-2-5-13(17)12(16)7-9/h2-7H,1H3. The van der Waals surface area contributed by atoms with Crippen molar-refractivity contribution in [3.05, 3.63) is 69.5 Å². The van der Waals surface area contributed by atoms with Gasteiger partial charge in [0.05, 0.1) is 10.6 Å². The molecule has 0 atom stereocenters. The summed E-state index contributed by atoms with van der Waals surface area (Å²) in [6, 6.07) is 6.27. The van der Waals surface area contributed by atoms with Crippen LogP contribution in [-0.4, -0.2) is 5.78 Å². The van der Waals surface area contributed by atoms with Crippen molar-refractivity contribution in [1.29, 1.82) is 0 Å². The number of rotatable bonds is 2. The molecule has 1 nitrogen and oxygen atoms in total. The van der Waals surface area contributed by atoms with Gasteiger partial charge in [-0.1, -0.05) is 17.7 Å². The third-order valence-corrected chi connectivity index (χ3v) is 3.27. The summed E-state index contributed by atoms with van der Waals surface area (Å²) in [5.74, 6) is -1.18. The predicted octanol–water partition coefficient (Wildman–Crippen LogP) is 5.04. The van der Waals surface area contributed by atoms with E-state index in [9.17, 15) is 22.4 Å². The van der Waals surface area contributed by atoms with Crippen molar-refractivity contribution >= 4 is 17.4 Å². The molecule has 0 radical (unpaired) electrons. The second-order valence-electron chi connectivity index (χ2n) is 4.49. The normalized spacial score (nSPS) is 11.5. The molecular formula is C15H9ClF4O. The second-order valence-corrected chi connectivity index (χ2v) is 4.89. The quantitative estimate of drug-likeness (QED) is 0.560. The Kier molecular flexibility index (Phi) is 4.05. The first-order chi connectivity index (χ1) is 9.70. The minimum absolute atomic E-state index is 0.115. The van der Waals surface area contributed by atoms with Crippen molar-refractivity contribution in [2.75, 3.05) is 0 Å². The summed E-state index contributed by atoms with van der Waals surface area (Å²) in [6.07, 6.45) is -4.47. The van der Waals surface area contributed by atoms with Gasteiger partial charge in [-0.15, -0.1) is 0 Å². The van der Waals surface area contributed by atoms with Crippen LogP contribution in [0.5, 0.6) is 0 Å². The Balaban J connectivity index is 2.42. The highest BCUT2D eigenvalue weighted by atomic mass is 35.5. The Labute approximate surface area is 123 Å². The molecule has 0 aliphatic carbocycles. The van der Waals surface area contributed by atoms with Crippen LogP contribution in [0.1, 0.15) is 27.0 Å². The fourth-order valence-electron chi connectivity index (χ4n) is 1.89. The highest BCUT2D eigenvalue weighted by Crippen LogP contribution is 2.31. The zero-order chi connectivity index (χ0) is 15.8. The summed E-state index contributed by atoms with van der Waals surface area (Å²) < 4.78 is 50.8. The average Bonchev–Trinajstić information content (AvgIpc) is 2.40. The number of carbonyl (C=O) groups is 1. The molecule has 0 N–H and O–H groups in total. The summed E-state index contributed by atoms with van der Waals surface area (Å²) in [4.78, 5) is 12.2. The first-order valence-electron chi connectivity index (χ1n) is 5.88. The molecule has 0 heterocycles. The molecular weight excluding hydrogens is 308 g/mol. The molecule has 2 rings (SSSR count). The lowest BCUT2D eigenvalue weighted by Crippen LogP contribution is -2.09. The number of carbonyl (C=O) groups excluding carboxylic acids is 1. The van der Waals surface area contributed by atoms with E-state index in [4.69, 9.17) is 11.6 Å². The van der Waals surface area contributed by atoms with Crippen molar-refractivity contribution in [3.8, 4) is 0 Å². The molecule has 0 spiro atoms. The van der Waals surface area contributed by atoms with E-state index in [1.165, 1.54) is 13.0 Å². The summed E-state index contributed by atoms with van der Waals surface area (Å²) in [5.41, 5.74) is -0.404. The molecule has 0 saturated heterocycles. The lowest BCUT2D eigenvalue weighted by molar-refractivity contribution is -0.137. The van der Waals surface area contributed by atoms with Crippen LogP contribution in [0.4, 0.5) is 17.6 Å². The first-order valence-corrected chi connectivity index (χ1v) is 6.25. The van der Waals surface area contributed by atoms with Gasteiger partial charge >= 0.3 is 6.18 Å². The smallest absolute Gasteiger partial charge is 0.289 e. The summed E-state index contributed by atoms with van der Waals surface area (Å²) in [7, 11) is 0. The average molecular weight is 317 g/mol. The maximum absolute atomic E-state index is 13.1. The van der Waals surface area contributed by atoms with Gasteiger partial charge in [-0.05, 0) is 42.8 Å². The van der Waals surface area contributed by atoms with Crippen LogP contribution in [0, 0.1) is 12.7 Å². The van der Waals surface area contributed by atoms with Crippen molar-refractivity contribution in [2.45, 2.75) is 13.1 Å². The van der Waals surface area contributed by atoms with E-state index in [0.717, 1.165) is 30.3 Å². The van der Waals surface area contributed by atoms with Crippen molar-refractivity contribution in [3.63, 3.8) is 0 Å². The van der Waals surface area contributed by atoms with E-state index in [1.807, 2.05) is 0 Å². The van der Waals surface area contributed by atoms with Crippen LogP contribution >= 0.6 is 11.6 Å². The van der Waals surface area contributed by atoms with Gasteiger partial charge in [0.25, 0.3) is 0 Å². The number of benzene rings is 2. The van der Waals surface area contributed by atoms with Gasteiger partial charge in [0.1, 0.15) is 5.82 Å². The highest BCUT2D eigenvalue weighted by molar-refractivity contribution is 6.31. The molecule has 0 aliphatic rings. The van der Waals surface area contributed by atoms with Gasteiger partial charge in [0, 0.05) is 11.1 Å². The van der Waals surface area contributed by atoms with Gasteiger partial charge in [-0.25, -0.2) is 4.39 Å². The SMILES string of the molecule is Cc1cc(C(F)(F)F)ccc1C(=O)c1ccc(F)c(Cl)c1. The Hall–Kier alpha value is -1.88. The van der Waals surface area contributed by atoms with Crippen LogP contribution < -0.4 is 0 Å². The van der Waals surface area contributed by atoms with Crippen LogP contribution in [0.3, 0.4) is 0 Å². The minimum Gasteiger partial charge on any atom is -0.289 e. The predicted molar refractivity (Wildman–Crippen MR) is 71.0 cm³/mol. The zero-order valence-corrected chi connectivity index (χ0v) is 11.5. The Morgan fingerprint density at radius 1 is 1.10 bits per heavy atom. The maximum Gasteiger partial charge on any atom is 0.416 e. The largest absolute Gasteiger partial charge is 0.416 e. The number of ketones is 1. The van der Waals surface area contributed by atoms with Gasteiger partial charge in [0.15, 0.2) is 5.78 Å². The summed E-state index contributed by atoms with van der Waals surface area (Å²) in [5, 5.41) is -0.217. The highest BCUT2D eigenvalue weighted by Gasteiger charge is 2.31. The minimum atomic E-state index is -4.47. The summed E-state index contributed by atoms with van der Waals surface area (Å²) >= 11 is 5.59. The van der Waals surface area contributed by atoms with E-state index < -0.39 is 23.3 Å². The topological polar surface area (TPSA) is 17.1 Å². The molecule has 0 aromatic heterocycles. The third-order valence-electron chi connectivity index (χ3n) is 2.98. The first kappa shape index (κ1) is 15.5. The molecule has 110 valence electrons. The van der Waals surface area contributed by atoms with Gasteiger partial charge < -0.3 is 0 Å². The molecule has 0 amide bonds. The lowest BCUT2D eigenvalue weighted by atomic mass is 9.97. The number of alkyl halides is 3. The number of aryl methyl sites for hydroxylation is 1. The Bertz CT molecular complexity index is 707.